The van der Waals surface area contributed by atoms with Crippen molar-refractivity contribution in [3.8, 4) is 0 Å². The molecule has 0 saturated heterocycles. The quantitative estimate of drug-likeness (QED) is 0.283. The fourth-order valence-corrected chi connectivity index (χ4v) is 2.99. The van der Waals surface area contributed by atoms with Gasteiger partial charge in [0, 0.05) is 18.7 Å². The molecule has 0 aliphatic heterocycles. The van der Waals surface area contributed by atoms with Gasteiger partial charge in [0.15, 0.2) is 0 Å². The molecule has 0 spiro atoms. The molecule has 3 N–H and O–H groups in total. The Labute approximate surface area is 174 Å². The van der Waals surface area contributed by atoms with Crippen LogP contribution in [0.2, 0.25) is 0 Å². The molecule has 0 radical (unpaired) electrons. The highest BCUT2D eigenvalue weighted by molar-refractivity contribution is 6.00. The first-order valence-electron chi connectivity index (χ1n) is 9.21. The standard InChI is InChI=1S/C21H20F6N2O2/c22-20(23,24)15-8-14(9-16(11-15)21(25,26)27)12-29-7-6-17(19(30)31)18(28)10-13-4-2-1-3-5-13/h1-5,8-9,11,17,28-29H,6-7,10,12H2,(H,30,31). The Morgan fingerprint density at radius 3 is 1.97 bits per heavy atom. The maximum atomic E-state index is 12.9. The minimum atomic E-state index is -4.93. The van der Waals surface area contributed by atoms with Crippen LogP contribution in [-0.4, -0.2) is 23.3 Å². The lowest BCUT2D eigenvalue weighted by molar-refractivity contribution is -0.143. The summed E-state index contributed by atoms with van der Waals surface area (Å²) in [5.74, 6) is -2.35. The largest absolute Gasteiger partial charge is 0.481 e. The SMILES string of the molecule is N=C(Cc1ccccc1)C(CCNCc1cc(C(F)(F)F)cc(C(F)(F)F)c1)C(=O)O. The molecule has 0 fully saturated rings. The molecule has 2 aromatic carbocycles. The molecular weight excluding hydrogens is 426 g/mol. The molecule has 1 unspecified atom stereocenters. The summed E-state index contributed by atoms with van der Waals surface area (Å²) in [6.45, 7) is -0.322. The number of hydrogen-bond donors (Lipinski definition) is 3. The van der Waals surface area contributed by atoms with E-state index in [0.717, 1.165) is 5.56 Å². The van der Waals surface area contributed by atoms with E-state index in [1.807, 2.05) is 0 Å². The first-order valence-corrected chi connectivity index (χ1v) is 9.21. The third kappa shape index (κ3) is 7.39. The smallest absolute Gasteiger partial charge is 0.416 e. The van der Waals surface area contributed by atoms with Crippen molar-refractivity contribution in [3.05, 3.63) is 70.8 Å². The van der Waals surface area contributed by atoms with Crippen molar-refractivity contribution < 1.29 is 36.2 Å². The van der Waals surface area contributed by atoms with Crippen LogP contribution in [0.1, 0.15) is 28.7 Å². The number of aliphatic carboxylic acids is 1. The number of benzene rings is 2. The minimum Gasteiger partial charge on any atom is -0.481 e. The van der Waals surface area contributed by atoms with Crippen molar-refractivity contribution in [2.45, 2.75) is 31.7 Å². The van der Waals surface area contributed by atoms with Crippen molar-refractivity contribution in [2.24, 2.45) is 5.92 Å². The number of carboxylic acid groups (broad SMARTS) is 1. The van der Waals surface area contributed by atoms with Gasteiger partial charge in [-0.1, -0.05) is 30.3 Å². The monoisotopic (exact) mass is 446 g/mol. The number of hydrogen-bond acceptors (Lipinski definition) is 3. The predicted molar refractivity (Wildman–Crippen MR) is 102 cm³/mol. The maximum absolute atomic E-state index is 12.9. The number of alkyl halides is 6. The van der Waals surface area contributed by atoms with Crippen molar-refractivity contribution >= 4 is 11.7 Å². The van der Waals surface area contributed by atoms with Crippen molar-refractivity contribution in [1.29, 1.82) is 5.41 Å². The average Bonchev–Trinajstić information content (AvgIpc) is 2.66. The summed E-state index contributed by atoms with van der Waals surface area (Å²) >= 11 is 0. The van der Waals surface area contributed by atoms with E-state index in [4.69, 9.17) is 5.41 Å². The summed E-state index contributed by atoms with van der Waals surface area (Å²) in [5, 5.41) is 20.1. The molecule has 0 bridgehead atoms. The molecule has 168 valence electrons. The van der Waals surface area contributed by atoms with Gasteiger partial charge in [0.05, 0.1) is 17.0 Å². The van der Waals surface area contributed by atoms with Crippen LogP contribution in [0.4, 0.5) is 26.3 Å². The zero-order valence-corrected chi connectivity index (χ0v) is 16.1. The number of nitrogens with one attached hydrogen (secondary N) is 2. The highest BCUT2D eigenvalue weighted by atomic mass is 19.4. The zero-order chi connectivity index (χ0) is 23.2. The Morgan fingerprint density at radius 1 is 0.935 bits per heavy atom. The van der Waals surface area contributed by atoms with E-state index in [2.05, 4.69) is 5.32 Å². The molecule has 0 aliphatic carbocycles. The normalized spacial score (nSPS) is 13.1. The highest BCUT2D eigenvalue weighted by Gasteiger charge is 2.36. The molecule has 0 aromatic heterocycles. The molecule has 0 saturated carbocycles. The Balaban J connectivity index is 2.01. The Morgan fingerprint density at radius 2 is 1.48 bits per heavy atom. The molecule has 2 aromatic rings. The topological polar surface area (TPSA) is 73.2 Å². The molecule has 31 heavy (non-hydrogen) atoms. The molecule has 0 heterocycles. The van der Waals surface area contributed by atoms with Crippen LogP contribution in [0.15, 0.2) is 48.5 Å². The van der Waals surface area contributed by atoms with Gasteiger partial charge in [-0.25, -0.2) is 0 Å². The Hall–Kier alpha value is -2.88. The molecule has 4 nitrogen and oxygen atoms in total. The molecule has 0 aliphatic rings. The minimum absolute atomic E-state index is 0.00820. The van der Waals surface area contributed by atoms with Gasteiger partial charge < -0.3 is 15.8 Å². The van der Waals surface area contributed by atoms with Gasteiger partial charge >= 0.3 is 18.3 Å². The van der Waals surface area contributed by atoms with E-state index in [-0.39, 0.29) is 43.3 Å². The van der Waals surface area contributed by atoms with Gasteiger partial charge in [-0.3, -0.25) is 4.79 Å². The first-order chi connectivity index (χ1) is 14.4. The number of rotatable bonds is 9. The molecule has 2 rings (SSSR count). The summed E-state index contributed by atoms with van der Waals surface area (Å²) in [5.41, 5.74) is -2.33. The maximum Gasteiger partial charge on any atom is 0.416 e. The van der Waals surface area contributed by atoms with Gasteiger partial charge in [0.1, 0.15) is 0 Å². The van der Waals surface area contributed by atoms with E-state index in [0.29, 0.717) is 12.1 Å². The summed E-state index contributed by atoms with van der Waals surface area (Å²) in [6, 6.07) is 10.1. The predicted octanol–water partition coefficient (Wildman–Crippen LogP) is 5.17. The van der Waals surface area contributed by atoms with Gasteiger partial charge in [-0.05, 0) is 42.3 Å². The van der Waals surface area contributed by atoms with Crippen LogP contribution in [-0.2, 0) is 30.1 Å². The first kappa shape index (κ1) is 24.4. The third-order valence-corrected chi connectivity index (χ3v) is 4.54. The van der Waals surface area contributed by atoms with Crippen molar-refractivity contribution in [3.63, 3.8) is 0 Å². The van der Waals surface area contributed by atoms with Crippen LogP contribution in [0.25, 0.3) is 0 Å². The average molecular weight is 446 g/mol. The van der Waals surface area contributed by atoms with Crippen LogP contribution in [0, 0.1) is 11.3 Å². The summed E-state index contributed by atoms with van der Waals surface area (Å²) < 4.78 is 77.5. The number of carboxylic acids is 1. The van der Waals surface area contributed by atoms with Crippen LogP contribution in [0.3, 0.4) is 0 Å². The Kier molecular flexibility index (Phi) is 7.83. The second-order valence-electron chi connectivity index (χ2n) is 6.96. The summed E-state index contributed by atoms with van der Waals surface area (Å²) in [4.78, 5) is 11.5. The fourth-order valence-electron chi connectivity index (χ4n) is 2.99. The zero-order valence-electron chi connectivity index (χ0n) is 16.1. The van der Waals surface area contributed by atoms with Gasteiger partial charge in [0.2, 0.25) is 0 Å². The second kappa shape index (κ2) is 9.95. The number of carbonyl (C=O) groups is 1. The van der Waals surface area contributed by atoms with Gasteiger partial charge in [-0.15, -0.1) is 0 Å². The lowest BCUT2D eigenvalue weighted by Gasteiger charge is -2.16. The molecule has 10 heteroatoms. The van der Waals surface area contributed by atoms with Crippen LogP contribution < -0.4 is 5.32 Å². The van der Waals surface area contributed by atoms with E-state index < -0.39 is 35.4 Å². The number of halogens is 6. The lowest BCUT2D eigenvalue weighted by atomic mass is 9.94. The van der Waals surface area contributed by atoms with E-state index in [9.17, 15) is 36.2 Å². The molecule has 0 amide bonds. The van der Waals surface area contributed by atoms with Crippen molar-refractivity contribution in [2.75, 3.05) is 6.54 Å². The van der Waals surface area contributed by atoms with Crippen LogP contribution in [0.5, 0.6) is 0 Å². The van der Waals surface area contributed by atoms with Gasteiger partial charge in [-0.2, -0.15) is 26.3 Å². The van der Waals surface area contributed by atoms with E-state index >= 15 is 0 Å². The van der Waals surface area contributed by atoms with E-state index in [1.54, 1.807) is 30.3 Å². The highest BCUT2D eigenvalue weighted by Crippen LogP contribution is 2.36. The van der Waals surface area contributed by atoms with Crippen molar-refractivity contribution in [1.82, 2.24) is 5.32 Å². The van der Waals surface area contributed by atoms with E-state index in [1.165, 1.54) is 0 Å². The fraction of sp³-hybridized carbons (Fsp3) is 0.333. The third-order valence-electron chi connectivity index (χ3n) is 4.54. The molecular formula is C21H20F6N2O2. The van der Waals surface area contributed by atoms with Gasteiger partial charge in [0.25, 0.3) is 0 Å². The second-order valence-corrected chi connectivity index (χ2v) is 6.96. The molecule has 1 atom stereocenters. The lowest BCUT2D eigenvalue weighted by Crippen LogP contribution is -2.29. The summed E-state index contributed by atoms with van der Waals surface area (Å²) in [7, 11) is 0. The Bertz CT molecular complexity index is 878. The summed E-state index contributed by atoms with van der Waals surface area (Å²) in [6.07, 6.45) is -9.78. The van der Waals surface area contributed by atoms with Crippen LogP contribution >= 0.6 is 0 Å².